The Balaban J connectivity index is 1.96. The smallest absolute Gasteiger partial charge is 0.0931 e. The molecule has 0 saturated carbocycles. The minimum absolute atomic E-state index is 0.624. The second kappa shape index (κ2) is 8.46. The number of hydrogen-bond donors (Lipinski definition) is 1. The highest BCUT2D eigenvalue weighted by molar-refractivity contribution is 7.16. The molecule has 1 unspecified atom stereocenters. The second-order valence-corrected chi connectivity index (χ2v) is 6.97. The first-order chi connectivity index (χ1) is 9.78. The van der Waals surface area contributed by atoms with Crippen LogP contribution in [0.25, 0.3) is 0 Å². The zero-order chi connectivity index (χ0) is 14.2. The lowest BCUT2D eigenvalue weighted by atomic mass is 9.95. The van der Waals surface area contributed by atoms with Crippen molar-refractivity contribution in [3.63, 3.8) is 0 Å². The monoisotopic (exact) mass is 307 g/mol. The number of hydrogen-bond acceptors (Lipinski definition) is 2. The number of halogens is 1. The molecule has 1 atom stereocenters. The van der Waals surface area contributed by atoms with Crippen molar-refractivity contribution in [2.45, 2.75) is 26.2 Å². The Morgan fingerprint density at radius 3 is 2.55 bits per heavy atom. The van der Waals surface area contributed by atoms with E-state index in [2.05, 4.69) is 48.6 Å². The minimum Gasteiger partial charge on any atom is -0.316 e. The summed E-state index contributed by atoms with van der Waals surface area (Å²) < 4.78 is 0.889. The molecule has 2 rings (SSSR count). The van der Waals surface area contributed by atoms with E-state index in [0.29, 0.717) is 5.92 Å². The fourth-order valence-corrected chi connectivity index (χ4v) is 3.59. The maximum atomic E-state index is 6.03. The third kappa shape index (κ3) is 5.28. The van der Waals surface area contributed by atoms with Gasteiger partial charge in [0.2, 0.25) is 0 Å². The molecule has 0 fully saturated rings. The Morgan fingerprint density at radius 2 is 1.90 bits per heavy atom. The lowest BCUT2D eigenvalue weighted by molar-refractivity contribution is 0.473. The summed E-state index contributed by atoms with van der Waals surface area (Å²) in [7, 11) is 0. The summed E-state index contributed by atoms with van der Waals surface area (Å²) in [5, 5.41) is 3.55. The zero-order valence-electron chi connectivity index (χ0n) is 11.9. The van der Waals surface area contributed by atoms with Crippen molar-refractivity contribution in [3.8, 4) is 0 Å². The molecule has 0 bridgehead atoms. The van der Waals surface area contributed by atoms with Gasteiger partial charge < -0.3 is 5.32 Å². The Morgan fingerprint density at radius 1 is 1.10 bits per heavy atom. The van der Waals surface area contributed by atoms with Crippen LogP contribution in [-0.4, -0.2) is 13.1 Å². The molecule has 1 N–H and O–H groups in total. The Hall–Kier alpha value is -0.830. The Bertz CT molecular complexity index is 495. The van der Waals surface area contributed by atoms with E-state index < -0.39 is 0 Å². The highest BCUT2D eigenvalue weighted by Gasteiger charge is 2.12. The van der Waals surface area contributed by atoms with Gasteiger partial charge in [-0.05, 0) is 56.0 Å². The molecule has 0 saturated heterocycles. The standard InChI is InChI=1S/C17H22ClNS/c1-2-10-19-13-15(11-14-6-4-3-5-7-14)12-16-8-9-17(18)20-16/h3-9,15,19H,2,10-13H2,1H3. The summed E-state index contributed by atoms with van der Waals surface area (Å²) in [5.41, 5.74) is 1.42. The van der Waals surface area contributed by atoms with Crippen LogP contribution in [0.15, 0.2) is 42.5 Å². The predicted molar refractivity (Wildman–Crippen MR) is 89.8 cm³/mol. The van der Waals surface area contributed by atoms with Crippen molar-refractivity contribution >= 4 is 22.9 Å². The predicted octanol–water partition coefficient (Wildman–Crippen LogP) is 4.80. The molecule has 0 aliphatic rings. The van der Waals surface area contributed by atoms with Gasteiger partial charge in [-0.3, -0.25) is 0 Å². The van der Waals surface area contributed by atoms with E-state index in [4.69, 9.17) is 11.6 Å². The fraction of sp³-hybridized carbons (Fsp3) is 0.412. The molecule has 2 aromatic rings. The quantitative estimate of drug-likeness (QED) is 0.691. The number of thiophene rings is 1. The topological polar surface area (TPSA) is 12.0 Å². The van der Waals surface area contributed by atoms with Gasteiger partial charge in [-0.15, -0.1) is 11.3 Å². The third-order valence-electron chi connectivity index (χ3n) is 3.35. The number of rotatable bonds is 8. The van der Waals surface area contributed by atoms with Crippen LogP contribution in [0.4, 0.5) is 0 Å². The van der Waals surface area contributed by atoms with Gasteiger partial charge in [-0.25, -0.2) is 0 Å². The summed E-state index contributed by atoms with van der Waals surface area (Å²) in [6, 6.07) is 14.9. The van der Waals surface area contributed by atoms with E-state index >= 15 is 0 Å². The second-order valence-electron chi connectivity index (χ2n) is 5.17. The SMILES string of the molecule is CCCNCC(Cc1ccccc1)Cc1ccc(Cl)s1. The maximum Gasteiger partial charge on any atom is 0.0931 e. The average molecular weight is 308 g/mol. The average Bonchev–Trinajstić information content (AvgIpc) is 2.85. The summed E-state index contributed by atoms with van der Waals surface area (Å²) in [5.74, 6) is 0.624. The fourth-order valence-electron chi connectivity index (χ4n) is 2.39. The van der Waals surface area contributed by atoms with Crippen LogP contribution >= 0.6 is 22.9 Å². The normalized spacial score (nSPS) is 12.5. The molecular formula is C17H22ClNS. The molecule has 1 aromatic heterocycles. The molecule has 0 aliphatic carbocycles. The van der Waals surface area contributed by atoms with Crippen molar-refractivity contribution in [2.75, 3.05) is 13.1 Å². The molecule has 0 radical (unpaired) electrons. The van der Waals surface area contributed by atoms with Crippen molar-refractivity contribution in [1.82, 2.24) is 5.32 Å². The van der Waals surface area contributed by atoms with Crippen LogP contribution in [0.2, 0.25) is 4.34 Å². The van der Waals surface area contributed by atoms with Gasteiger partial charge in [0.05, 0.1) is 4.34 Å². The largest absolute Gasteiger partial charge is 0.316 e. The van der Waals surface area contributed by atoms with Crippen molar-refractivity contribution in [2.24, 2.45) is 5.92 Å². The van der Waals surface area contributed by atoms with Crippen LogP contribution in [0.5, 0.6) is 0 Å². The maximum absolute atomic E-state index is 6.03. The van der Waals surface area contributed by atoms with Crippen LogP contribution in [-0.2, 0) is 12.8 Å². The van der Waals surface area contributed by atoms with Gasteiger partial charge in [0.1, 0.15) is 0 Å². The summed E-state index contributed by atoms with van der Waals surface area (Å²) in [4.78, 5) is 1.38. The number of benzene rings is 1. The molecule has 1 aromatic carbocycles. The highest BCUT2D eigenvalue weighted by Crippen LogP contribution is 2.25. The van der Waals surface area contributed by atoms with Gasteiger partial charge in [-0.2, -0.15) is 0 Å². The van der Waals surface area contributed by atoms with Gasteiger partial charge in [0.25, 0.3) is 0 Å². The van der Waals surface area contributed by atoms with E-state index in [1.54, 1.807) is 11.3 Å². The van der Waals surface area contributed by atoms with E-state index in [9.17, 15) is 0 Å². The summed E-state index contributed by atoms with van der Waals surface area (Å²) in [6.07, 6.45) is 3.40. The molecule has 0 spiro atoms. The van der Waals surface area contributed by atoms with E-state index in [0.717, 1.165) is 30.3 Å². The molecule has 1 nitrogen and oxygen atoms in total. The van der Waals surface area contributed by atoms with Crippen molar-refractivity contribution in [1.29, 1.82) is 0 Å². The van der Waals surface area contributed by atoms with Crippen LogP contribution in [0.3, 0.4) is 0 Å². The van der Waals surface area contributed by atoms with Crippen LogP contribution in [0.1, 0.15) is 23.8 Å². The van der Waals surface area contributed by atoms with Gasteiger partial charge in [0, 0.05) is 4.88 Å². The molecule has 0 amide bonds. The van der Waals surface area contributed by atoms with E-state index in [1.165, 1.54) is 16.9 Å². The zero-order valence-corrected chi connectivity index (χ0v) is 13.5. The number of nitrogens with one attached hydrogen (secondary N) is 1. The first kappa shape index (κ1) is 15.6. The van der Waals surface area contributed by atoms with Crippen LogP contribution < -0.4 is 5.32 Å². The van der Waals surface area contributed by atoms with Crippen LogP contribution in [0, 0.1) is 5.92 Å². The first-order valence-electron chi connectivity index (χ1n) is 7.26. The molecule has 3 heteroatoms. The Kier molecular flexibility index (Phi) is 6.58. The highest BCUT2D eigenvalue weighted by atomic mass is 35.5. The molecule has 108 valence electrons. The third-order valence-corrected chi connectivity index (χ3v) is 4.60. The molecule has 0 aliphatic heterocycles. The van der Waals surface area contributed by atoms with Crippen molar-refractivity contribution < 1.29 is 0 Å². The van der Waals surface area contributed by atoms with Gasteiger partial charge in [-0.1, -0.05) is 48.9 Å². The van der Waals surface area contributed by atoms with Gasteiger partial charge >= 0.3 is 0 Å². The van der Waals surface area contributed by atoms with E-state index in [1.807, 2.05) is 6.07 Å². The molecule has 1 heterocycles. The minimum atomic E-state index is 0.624. The summed E-state index contributed by atoms with van der Waals surface area (Å²) >= 11 is 7.74. The molecule has 20 heavy (non-hydrogen) atoms. The van der Waals surface area contributed by atoms with Gasteiger partial charge in [0.15, 0.2) is 0 Å². The first-order valence-corrected chi connectivity index (χ1v) is 8.46. The lowest BCUT2D eigenvalue weighted by Crippen LogP contribution is -2.26. The van der Waals surface area contributed by atoms with Crippen molar-refractivity contribution in [3.05, 3.63) is 57.2 Å². The molecular weight excluding hydrogens is 286 g/mol. The lowest BCUT2D eigenvalue weighted by Gasteiger charge is -2.17. The summed E-state index contributed by atoms with van der Waals surface area (Å²) in [6.45, 7) is 4.37. The Labute approximate surface area is 131 Å². The van der Waals surface area contributed by atoms with E-state index in [-0.39, 0.29) is 0 Å².